The van der Waals surface area contributed by atoms with E-state index in [9.17, 15) is 4.79 Å². The van der Waals surface area contributed by atoms with Gasteiger partial charge in [0, 0.05) is 5.54 Å². The van der Waals surface area contributed by atoms with Crippen molar-refractivity contribution in [2.24, 2.45) is 0 Å². The third-order valence-corrected chi connectivity index (χ3v) is 4.30. The first-order valence-electron chi connectivity index (χ1n) is 5.97. The fourth-order valence-corrected chi connectivity index (χ4v) is 2.99. The zero-order valence-electron chi connectivity index (χ0n) is 10.6. The maximum absolute atomic E-state index is 12.2. The van der Waals surface area contributed by atoms with Gasteiger partial charge in [0.2, 0.25) is 0 Å². The summed E-state index contributed by atoms with van der Waals surface area (Å²) in [6.07, 6.45) is 1.96. The smallest absolute Gasteiger partial charge is 0.263 e. The van der Waals surface area contributed by atoms with Gasteiger partial charge in [0.15, 0.2) is 0 Å². The van der Waals surface area contributed by atoms with Crippen LogP contribution >= 0.6 is 11.3 Å². The van der Waals surface area contributed by atoms with E-state index in [1.807, 2.05) is 13.8 Å². The first-order chi connectivity index (χ1) is 8.00. The number of hydrogen-bond donors (Lipinski definition) is 2. The second kappa shape index (κ2) is 4.74. The van der Waals surface area contributed by atoms with Crippen LogP contribution in [0.15, 0.2) is 0 Å². The SMILES string of the molecule is Cc1nc(C)c(C(=O)NC2(C)CCNCC2)s1. The first kappa shape index (κ1) is 12.5. The summed E-state index contributed by atoms with van der Waals surface area (Å²) in [6.45, 7) is 7.88. The Kier molecular flexibility index (Phi) is 3.49. The van der Waals surface area contributed by atoms with Crippen LogP contribution in [0.3, 0.4) is 0 Å². The Morgan fingerprint density at radius 1 is 1.41 bits per heavy atom. The molecule has 1 aliphatic rings. The van der Waals surface area contributed by atoms with E-state index in [1.165, 1.54) is 11.3 Å². The molecule has 0 radical (unpaired) electrons. The van der Waals surface area contributed by atoms with Crippen LogP contribution < -0.4 is 10.6 Å². The second-order valence-electron chi connectivity index (χ2n) is 4.91. The number of nitrogens with one attached hydrogen (secondary N) is 2. The summed E-state index contributed by atoms with van der Waals surface area (Å²) in [5, 5.41) is 7.41. The van der Waals surface area contributed by atoms with Crippen molar-refractivity contribution in [3.8, 4) is 0 Å². The predicted molar refractivity (Wildman–Crippen MR) is 69.6 cm³/mol. The molecule has 1 aliphatic heterocycles. The average molecular weight is 253 g/mol. The lowest BCUT2D eigenvalue weighted by Gasteiger charge is -2.34. The van der Waals surface area contributed by atoms with E-state index < -0.39 is 0 Å². The lowest BCUT2D eigenvalue weighted by molar-refractivity contribution is 0.0891. The van der Waals surface area contributed by atoms with E-state index in [4.69, 9.17) is 0 Å². The van der Waals surface area contributed by atoms with Crippen molar-refractivity contribution in [1.82, 2.24) is 15.6 Å². The highest BCUT2D eigenvalue weighted by Crippen LogP contribution is 2.21. The Morgan fingerprint density at radius 3 is 2.59 bits per heavy atom. The molecule has 4 nitrogen and oxygen atoms in total. The molecule has 2 rings (SSSR count). The summed E-state index contributed by atoms with van der Waals surface area (Å²) in [5.74, 6) is 0.0255. The molecule has 5 heteroatoms. The van der Waals surface area contributed by atoms with Gasteiger partial charge in [0.1, 0.15) is 4.88 Å². The van der Waals surface area contributed by atoms with Gasteiger partial charge < -0.3 is 10.6 Å². The van der Waals surface area contributed by atoms with Crippen molar-refractivity contribution in [1.29, 1.82) is 0 Å². The Bertz CT molecular complexity index is 421. The third kappa shape index (κ3) is 2.84. The quantitative estimate of drug-likeness (QED) is 0.842. The molecule has 0 unspecified atom stereocenters. The molecule has 0 bridgehead atoms. The van der Waals surface area contributed by atoms with E-state index in [0.717, 1.165) is 41.5 Å². The molecule has 0 aromatic carbocycles. The molecule has 17 heavy (non-hydrogen) atoms. The lowest BCUT2D eigenvalue weighted by atomic mass is 9.90. The van der Waals surface area contributed by atoms with Crippen LogP contribution in [0.2, 0.25) is 0 Å². The maximum atomic E-state index is 12.2. The van der Waals surface area contributed by atoms with Gasteiger partial charge in [-0.2, -0.15) is 0 Å². The van der Waals surface area contributed by atoms with Crippen LogP contribution in [0.25, 0.3) is 0 Å². The standard InChI is InChI=1S/C12H19N3OS/c1-8-10(17-9(2)14-8)11(16)15-12(3)4-6-13-7-5-12/h13H,4-7H2,1-3H3,(H,15,16). The van der Waals surface area contributed by atoms with Gasteiger partial charge in [-0.1, -0.05) is 0 Å². The van der Waals surface area contributed by atoms with Crippen LogP contribution in [0, 0.1) is 13.8 Å². The highest BCUT2D eigenvalue weighted by atomic mass is 32.1. The molecule has 94 valence electrons. The zero-order valence-corrected chi connectivity index (χ0v) is 11.4. The Hall–Kier alpha value is -0.940. The minimum atomic E-state index is -0.0767. The van der Waals surface area contributed by atoms with Gasteiger partial charge in [0.05, 0.1) is 10.7 Å². The van der Waals surface area contributed by atoms with E-state index in [2.05, 4.69) is 22.5 Å². The van der Waals surface area contributed by atoms with Crippen molar-refractivity contribution in [2.75, 3.05) is 13.1 Å². The monoisotopic (exact) mass is 253 g/mol. The number of nitrogens with zero attached hydrogens (tertiary/aromatic N) is 1. The van der Waals surface area contributed by atoms with Gasteiger partial charge in [-0.3, -0.25) is 4.79 Å². The molecular formula is C12H19N3OS. The van der Waals surface area contributed by atoms with Gasteiger partial charge >= 0.3 is 0 Å². The third-order valence-electron chi connectivity index (χ3n) is 3.23. The molecule has 1 aromatic rings. The molecule has 1 fully saturated rings. The summed E-state index contributed by atoms with van der Waals surface area (Å²) in [6, 6.07) is 0. The van der Waals surface area contributed by atoms with Gasteiger partial charge in [-0.15, -0.1) is 11.3 Å². The lowest BCUT2D eigenvalue weighted by Crippen LogP contribution is -2.52. The van der Waals surface area contributed by atoms with E-state index >= 15 is 0 Å². The van der Waals surface area contributed by atoms with E-state index in [-0.39, 0.29) is 11.4 Å². The summed E-state index contributed by atoms with van der Waals surface area (Å²) in [4.78, 5) is 17.2. The van der Waals surface area contributed by atoms with Crippen molar-refractivity contribution in [3.63, 3.8) is 0 Å². The molecule has 2 N–H and O–H groups in total. The van der Waals surface area contributed by atoms with Crippen molar-refractivity contribution in [2.45, 2.75) is 39.2 Å². The van der Waals surface area contributed by atoms with Gasteiger partial charge in [0.25, 0.3) is 5.91 Å². The number of aryl methyl sites for hydroxylation is 2. The molecule has 0 saturated carbocycles. The normalized spacial score (nSPS) is 19.0. The number of hydrogen-bond acceptors (Lipinski definition) is 4. The van der Waals surface area contributed by atoms with Gasteiger partial charge in [-0.05, 0) is 46.7 Å². The number of rotatable bonds is 2. The van der Waals surface area contributed by atoms with E-state index in [1.54, 1.807) is 0 Å². The van der Waals surface area contributed by atoms with Crippen LogP contribution in [-0.2, 0) is 0 Å². The molecule has 0 atom stereocenters. The number of carbonyl (C=O) groups is 1. The fraction of sp³-hybridized carbons (Fsp3) is 0.667. The largest absolute Gasteiger partial charge is 0.346 e. The number of carbonyl (C=O) groups excluding carboxylic acids is 1. The van der Waals surface area contributed by atoms with Crippen LogP contribution in [0.4, 0.5) is 0 Å². The Labute approximate surface area is 106 Å². The topological polar surface area (TPSA) is 54.0 Å². The molecule has 0 spiro atoms. The van der Waals surface area contributed by atoms with Gasteiger partial charge in [-0.25, -0.2) is 4.98 Å². The Morgan fingerprint density at radius 2 is 2.06 bits per heavy atom. The van der Waals surface area contributed by atoms with Crippen LogP contribution in [0.1, 0.15) is 40.1 Å². The summed E-state index contributed by atoms with van der Waals surface area (Å²) in [7, 11) is 0. The fourth-order valence-electron chi connectivity index (χ4n) is 2.18. The van der Waals surface area contributed by atoms with Crippen molar-refractivity contribution < 1.29 is 4.79 Å². The van der Waals surface area contributed by atoms with E-state index in [0.29, 0.717) is 0 Å². The summed E-state index contributed by atoms with van der Waals surface area (Å²) in [5.41, 5.74) is 0.759. The number of thiazole rings is 1. The molecular weight excluding hydrogens is 234 g/mol. The number of piperidine rings is 1. The second-order valence-corrected chi connectivity index (χ2v) is 6.12. The molecule has 2 heterocycles. The minimum absolute atomic E-state index is 0.0255. The molecule has 1 amide bonds. The summed E-state index contributed by atoms with van der Waals surface area (Å²) < 4.78 is 0. The minimum Gasteiger partial charge on any atom is -0.346 e. The first-order valence-corrected chi connectivity index (χ1v) is 6.79. The van der Waals surface area contributed by atoms with Crippen molar-refractivity contribution >= 4 is 17.2 Å². The molecule has 1 aromatic heterocycles. The Balaban J connectivity index is 2.08. The number of amides is 1. The molecule has 1 saturated heterocycles. The van der Waals surface area contributed by atoms with Crippen LogP contribution in [0.5, 0.6) is 0 Å². The average Bonchev–Trinajstić information content (AvgIpc) is 2.58. The highest BCUT2D eigenvalue weighted by molar-refractivity contribution is 7.13. The molecule has 0 aliphatic carbocycles. The van der Waals surface area contributed by atoms with Crippen molar-refractivity contribution in [3.05, 3.63) is 15.6 Å². The van der Waals surface area contributed by atoms with Crippen LogP contribution in [-0.4, -0.2) is 29.5 Å². The predicted octanol–water partition coefficient (Wildman–Crippen LogP) is 1.63. The highest BCUT2D eigenvalue weighted by Gasteiger charge is 2.29. The maximum Gasteiger partial charge on any atom is 0.263 e. The zero-order chi connectivity index (χ0) is 12.5. The summed E-state index contributed by atoms with van der Waals surface area (Å²) >= 11 is 1.47. The number of aromatic nitrogens is 1.